The van der Waals surface area contributed by atoms with Crippen molar-refractivity contribution in [1.29, 1.82) is 0 Å². The molecule has 0 aromatic carbocycles. The molecule has 22 atom stereocenters. The molecular weight excluding hydrogens is 925 g/mol. The highest BCUT2D eigenvalue weighted by Crippen LogP contribution is 2.70. The number of hydrogen-bond donors (Lipinski definition) is 3. The number of amides is 4. The number of Topliss-reactive ketones (excluding diaryl/α,β-unsaturated/α-hetero) is 2. The van der Waals surface area contributed by atoms with E-state index in [9.17, 15) is 33.9 Å². The summed E-state index contributed by atoms with van der Waals surface area (Å²) in [6.07, 6.45) is 14.6. The lowest BCUT2D eigenvalue weighted by Gasteiger charge is -2.61. The lowest BCUT2D eigenvalue weighted by molar-refractivity contribution is -0.191. The van der Waals surface area contributed by atoms with E-state index in [2.05, 4.69) is 62.0 Å². The second kappa shape index (κ2) is 19.8. The number of aliphatic hydroxyl groups excluding tert-OH is 1. The highest BCUT2D eigenvalue weighted by molar-refractivity contribution is 5.95. The molecule has 14 nitrogen and oxygen atoms in total. The number of nitrogens with one attached hydrogen (secondary N) is 2. The van der Waals surface area contributed by atoms with E-state index in [-0.39, 0.29) is 93.1 Å². The molecule has 4 aliphatic heterocycles. The van der Waals surface area contributed by atoms with Gasteiger partial charge in [-0.2, -0.15) is 0 Å². The molecule has 3 N–H and O–H groups in total. The molecule has 0 radical (unpaired) electrons. The first-order valence-electron chi connectivity index (χ1n) is 28.5. The van der Waals surface area contributed by atoms with Gasteiger partial charge in [0, 0.05) is 85.5 Å². The number of aliphatic hydroxyl groups is 1. The Morgan fingerprint density at radius 1 is 0.671 bits per heavy atom. The minimum Gasteiger partial charge on any atom is -0.445 e. The molecule has 8 bridgehead atoms. The summed E-state index contributed by atoms with van der Waals surface area (Å²) in [6, 6.07) is 0. The maximum absolute atomic E-state index is 14.2. The standard InChI is InChI=1S/C30H46N2O5.C29H44N2O5/c1-7-11-28(4)15-23(37-27(35)31-26(34)21-17-32-14-10-20(21)16-32)29(5)18(2)8-12-30(19(3)25(28)33)13-9-22(36-6)24(29)30;1-6-10-27(4)14-22(36-26(35)30-25(34)20-16-31-13-9-19(20)15-31)28(5)17(2)7-11-29(18(3)24(27)33)12-8-21(32)23(28)29/h7,11,18-24H,8-10,12-17H2,1-6H3,(H,31,34,35);6,10,17-20,22-24,33H,7-9,11-16H2,1-5H3,(H,30,34,35)/t18-,19+,20-,21+,22-,23-,24?,28-,29+,30?;17-,18+,19-,20+,22-,23?,24+,27-,28+,29?/m11/s1. The normalized spacial score (nSPS) is 49.5. The highest BCUT2D eigenvalue weighted by Gasteiger charge is 2.70. The quantitative estimate of drug-likeness (QED) is 0.207. The zero-order valence-electron chi connectivity index (χ0n) is 46.1. The molecule has 14 heteroatoms. The molecule has 0 spiro atoms. The van der Waals surface area contributed by atoms with Crippen LogP contribution in [0.5, 0.6) is 0 Å². The van der Waals surface area contributed by atoms with Crippen molar-refractivity contribution in [3.8, 4) is 0 Å². The number of alkyl carbamates (subject to hydrolysis) is 2. The van der Waals surface area contributed by atoms with Crippen LogP contribution >= 0.6 is 0 Å². The molecule has 6 aliphatic carbocycles. The average Bonchev–Trinajstić information content (AvgIpc) is 4.24. The first-order chi connectivity index (χ1) is 34.5. The molecule has 6 saturated carbocycles. The van der Waals surface area contributed by atoms with E-state index in [1.807, 2.05) is 52.0 Å². The van der Waals surface area contributed by atoms with Gasteiger partial charge >= 0.3 is 12.2 Å². The summed E-state index contributed by atoms with van der Waals surface area (Å²) in [7, 11) is 1.77. The molecule has 10 fully saturated rings. The zero-order valence-corrected chi connectivity index (χ0v) is 46.1. The van der Waals surface area contributed by atoms with Crippen LogP contribution in [-0.4, -0.2) is 121 Å². The van der Waals surface area contributed by atoms with Gasteiger partial charge in [0.05, 0.1) is 24.0 Å². The molecule has 406 valence electrons. The Bertz CT molecular complexity index is 2250. The third-order valence-electron chi connectivity index (χ3n) is 23.3. The van der Waals surface area contributed by atoms with Crippen LogP contribution in [0.15, 0.2) is 24.3 Å². The fourth-order valence-corrected chi connectivity index (χ4v) is 18.8. The molecule has 10 rings (SSSR count). The summed E-state index contributed by atoms with van der Waals surface area (Å²) in [5.41, 5.74) is -2.79. The Morgan fingerprint density at radius 3 is 1.70 bits per heavy atom. The summed E-state index contributed by atoms with van der Waals surface area (Å²) in [6.45, 7) is 26.3. The summed E-state index contributed by atoms with van der Waals surface area (Å²) in [4.78, 5) is 84.9. The van der Waals surface area contributed by atoms with Crippen LogP contribution < -0.4 is 10.6 Å². The average molecular weight is 1020 g/mol. The van der Waals surface area contributed by atoms with Crippen molar-refractivity contribution in [3.05, 3.63) is 24.3 Å². The minimum atomic E-state index is -0.748. The van der Waals surface area contributed by atoms with Gasteiger partial charge in [0.15, 0.2) is 0 Å². The van der Waals surface area contributed by atoms with Crippen LogP contribution in [0.1, 0.15) is 146 Å². The molecule has 0 aromatic rings. The van der Waals surface area contributed by atoms with Crippen LogP contribution in [-0.2, 0) is 33.4 Å². The van der Waals surface area contributed by atoms with Gasteiger partial charge in [-0.3, -0.25) is 29.8 Å². The molecule has 4 saturated heterocycles. The summed E-state index contributed by atoms with van der Waals surface area (Å²) >= 11 is 0. The van der Waals surface area contributed by atoms with Gasteiger partial charge in [0.25, 0.3) is 0 Å². The Kier molecular flexibility index (Phi) is 14.8. The van der Waals surface area contributed by atoms with Gasteiger partial charge < -0.3 is 29.1 Å². The Balaban J connectivity index is 0.000000180. The van der Waals surface area contributed by atoms with Crippen molar-refractivity contribution in [3.63, 3.8) is 0 Å². The SMILES string of the molecule is CC=C[C@]1(C)C[C@@H](OC(=O)NC(=O)[C@H]2CN3CC[C@@H]2C3)[C@@]2(C)C3C(=O)CCC3(CC[C@H]2C)[C@@H](C)[C@@H]1O.CC=C[C@]1(C)C[C@@H](OC(=O)NC(=O)[C@H]2CN3CC[C@@H]2C3)[C@@]2(C)C3[C@H](OC)CCC3(CC[C@H]2C)[C@@H](C)C1=O. The number of ketones is 2. The van der Waals surface area contributed by atoms with Gasteiger partial charge in [-0.1, -0.05) is 72.8 Å². The fraction of sp³-hybridized carbons (Fsp3) is 0.831. The topological polar surface area (TPSA) is 181 Å². The van der Waals surface area contributed by atoms with E-state index < -0.39 is 46.7 Å². The number of imide groups is 2. The molecule has 0 aromatic heterocycles. The lowest BCUT2D eigenvalue weighted by atomic mass is 9.44. The molecule has 4 heterocycles. The first-order valence-corrected chi connectivity index (χ1v) is 28.5. The van der Waals surface area contributed by atoms with E-state index in [1.165, 1.54) is 0 Å². The van der Waals surface area contributed by atoms with E-state index in [0.717, 1.165) is 84.0 Å². The van der Waals surface area contributed by atoms with Gasteiger partial charge in [-0.15, -0.1) is 0 Å². The van der Waals surface area contributed by atoms with Crippen LogP contribution in [0, 0.1) is 91.7 Å². The number of methoxy groups -OCH3 is 1. The fourth-order valence-electron chi connectivity index (χ4n) is 18.8. The van der Waals surface area contributed by atoms with E-state index in [0.29, 0.717) is 44.2 Å². The summed E-state index contributed by atoms with van der Waals surface area (Å²) in [5.74, 6) is 0.425. The smallest absolute Gasteiger partial charge is 0.414 e. The summed E-state index contributed by atoms with van der Waals surface area (Å²) in [5, 5.41) is 16.9. The number of fused-ring (bicyclic) bond motifs is 4. The highest BCUT2D eigenvalue weighted by atomic mass is 16.6. The van der Waals surface area contributed by atoms with Crippen LogP contribution in [0.25, 0.3) is 0 Å². The number of carbonyl (C=O) groups is 6. The molecule has 10 aliphatic rings. The zero-order chi connectivity index (χ0) is 52.8. The third kappa shape index (κ3) is 8.72. The number of allylic oxidation sites excluding steroid dienone is 3. The predicted octanol–water partition coefficient (Wildman–Crippen LogP) is 8.54. The van der Waals surface area contributed by atoms with Crippen molar-refractivity contribution in [2.75, 3.05) is 46.4 Å². The maximum Gasteiger partial charge on any atom is 0.414 e. The van der Waals surface area contributed by atoms with Gasteiger partial charge in [-0.05, 0) is 138 Å². The summed E-state index contributed by atoms with van der Waals surface area (Å²) < 4.78 is 18.6. The van der Waals surface area contributed by atoms with Gasteiger partial charge in [0.2, 0.25) is 11.8 Å². The van der Waals surface area contributed by atoms with Crippen molar-refractivity contribution in [2.45, 2.75) is 171 Å². The molecule has 73 heavy (non-hydrogen) atoms. The van der Waals surface area contributed by atoms with Gasteiger partial charge in [0.1, 0.15) is 23.8 Å². The van der Waals surface area contributed by atoms with Crippen LogP contribution in [0.2, 0.25) is 0 Å². The number of ether oxygens (including phenoxy) is 3. The van der Waals surface area contributed by atoms with Crippen molar-refractivity contribution < 1.29 is 48.1 Å². The second-order valence-corrected chi connectivity index (χ2v) is 26.5. The van der Waals surface area contributed by atoms with Gasteiger partial charge in [-0.25, -0.2) is 9.59 Å². The Morgan fingerprint density at radius 2 is 1.19 bits per heavy atom. The minimum absolute atomic E-state index is 0.0213. The number of piperidine rings is 2. The molecular formula is C59H90N4O10. The number of rotatable bonds is 7. The first kappa shape index (κ1) is 54.3. The third-order valence-corrected chi connectivity index (χ3v) is 23.3. The monoisotopic (exact) mass is 1010 g/mol. The lowest BCUT2D eigenvalue weighted by Crippen LogP contribution is -2.63. The van der Waals surface area contributed by atoms with Crippen molar-refractivity contribution >= 4 is 35.6 Å². The van der Waals surface area contributed by atoms with Crippen LogP contribution in [0.3, 0.4) is 0 Å². The number of carbonyl (C=O) groups excluding carboxylic acids is 6. The molecule has 4 amide bonds. The van der Waals surface area contributed by atoms with Crippen LogP contribution in [0.4, 0.5) is 9.59 Å². The number of nitrogens with zero attached hydrogens (tertiary/aromatic N) is 2. The maximum atomic E-state index is 14.2. The van der Waals surface area contributed by atoms with E-state index in [4.69, 9.17) is 14.2 Å². The Hall–Kier alpha value is -3.46. The van der Waals surface area contributed by atoms with E-state index in [1.54, 1.807) is 7.11 Å². The largest absolute Gasteiger partial charge is 0.445 e. The number of hydrogen-bond acceptors (Lipinski definition) is 12. The van der Waals surface area contributed by atoms with Crippen molar-refractivity contribution in [1.82, 2.24) is 20.4 Å². The molecule has 6 unspecified atom stereocenters. The predicted molar refractivity (Wildman–Crippen MR) is 276 cm³/mol. The Labute approximate surface area is 435 Å². The van der Waals surface area contributed by atoms with Crippen molar-refractivity contribution in [2.24, 2.45) is 91.7 Å². The second-order valence-electron chi connectivity index (χ2n) is 26.5. The van der Waals surface area contributed by atoms with E-state index >= 15 is 0 Å².